The molecule has 0 aromatic heterocycles. The van der Waals surface area contributed by atoms with Crippen molar-refractivity contribution in [3.05, 3.63) is 0 Å². The lowest BCUT2D eigenvalue weighted by atomic mass is 9.85. The fourth-order valence-electron chi connectivity index (χ4n) is 4.80. The second kappa shape index (κ2) is 8.32. The van der Waals surface area contributed by atoms with Crippen molar-refractivity contribution < 1.29 is 14.7 Å². The Hall–Kier alpha value is -1.10. The zero-order chi connectivity index (χ0) is 16.9. The third-order valence-corrected chi connectivity index (χ3v) is 6.26. The van der Waals surface area contributed by atoms with Gasteiger partial charge in [0.2, 0.25) is 11.8 Å². The molecule has 0 aromatic carbocycles. The van der Waals surface area contributed by atoms with Crippen LogP contribution >= 0.6 is 0 Å². The quantitative estimate of drug-likeness (QED) is 0.809. The molecule has 0 bridgehead atoms. The number of nitrogens with one attached hydrogen (secondary N) is 1. The minimum Gasteiger partial charge on any atom is -0.394 e. The molecule has 1 atom stereocenters. The largest absolute Gasteiger partial charge is 0.394 e. The molecule has 2 N–H and O–H groups in total. The standard InChI is InChI=1S/C19H32N2O3/c22-13-17-6-3-11-21(17)19(24)15-7-9-16(10-8-15)20-18(23)12-14-4-1-2-5-14/h14-17,22H,1-13H2,(H,20,23)/t15?,16?,17-/m1/s1. The highest BCUT2D eigenvalue weighted by Crippen LogP contribution is 2.30. The van der Waals surface area contributed by atoms with Crippen LogP contribution in [0.1, 0.15) is 70.6 Å². The van der Waals surface area contributed by atoms with Crippen molar-refractivity contribution in [3.63, 3.8) is 0 Å². The summed E-state index contributed by atoms with van der Waals surface area (Å²) in [5.41, 5.74) is 0. The molecule has 5 heteroatoms. The van der Waals surface area contributed by atoms with Crippen LogP contribution in [0.15, 0.2) is 0 Å². The third-order valence-electron chi connectivity index (χ3n) is 6.26. The highest BCUT2D eigenvalue weighted by Gasteiger charge is 2.35. The lowest BCUT2D eigenvalue weighted by Gasteiger charge is -2.33. The smallest absolute Gasteiger partial charge is 0.226 e. The number of carbonyl (C=O) groups is 2. The molecular weight excluding hydrogens is 304 g/mol. The fraction of sp³-hybridized carbons (Fsp3) is 0.895. The highest BCUT2D eigenvalue weighted by atomic mass is 16.3. The molecule has 1 aliphatic heterocycles. The van der Waals surface area contributed by atoms with Gasteiger partial charge in [-0.3, -0.25) is 9.59 Å². The van der Waals surface area contributed by atoms with Crippen molar-refractivity contribution >= 4 is 11.8 Å². The summed E-state index contributed by atoms with van der Waals surface area (Å²) < 4.78 is 0. The average Bonchev–Trinajstić information content (AvgIpc) is 3.25. The Morgan fingerprint density at radius 3 is 2.33 bits per heavy atom. The second-order valence-corrected chi connectivity index (χ2v) is 7.98. The number of hydrogen-bond donors (Lipinski definition) is 2. The topological polar surface area (TPSA) is 69.6 Å². The third kappa shape index (κ3) is 4.29. The van der Waals surface area contributed by atoms with E-state index in [0.717, 1.165) is 45.1 Å². The molecule has 0 spiro atoms. The zero-order valence-electron chi connectivity index (χ0n) is 14.7. The molecule has 3 aliphatic rings. The highest BCUT2D eigenvalue weighted by molar-refractivity contribution is 5.80. The van der Waals surface area contributed by atoms with Gasteiger partial charge in [-0.15, -0.1) is 0 Å². The van der Waals surface area contributed by atoms with Gasteiger partial charge in [0.25, 0.3) is 0 Å². The van der Waals surface area contributed by atoms with E-state index in [9.17, 15) is 14.7 Å². The van der Waals surface area contributed by atoms with Gasteiger partial charge in [0.05, 0.1) is 12.6 Å². The molecule has 1 saturated heterocycles. The van der Waals surface area contributed by atoms with Gasteiger partial charge < -0.3 is 15.3 Å². The van der Waals surface area contributed by atoms with Crippen LogP contribution in [0.5, 0.6) is 0 Å². The predicted octanol–water partition coefficient (Wildman–Crippen LogP) is 2.22. The fourth-order valence-corrected chi connectivity index (χ4v) is 4.80. The van der Waals surface area contributed by atoms with Gasteiger partial charge in [0.15, 0.2) is 0 Å². The molecule has 5 nitrogen and oxygen atoms in total. The number of aliphatic hydroxyl groups excluding tert-OH is 1. The predicted molar refractivity (Wildman–Crippen MR) is 92.3 cm³/mol. The zero-order valence-corrected chi connectivity index (χ0v) is 14.7. The minimum atomic E-state index is 0.0290. The minimum absolute atomic E-state index is 0.0290. The summed E-state index contributed by atoms with van der Waals surface area (Å²) >= 11 is 0. The van der Waals surface area contributed by atoms with Gasteiger partial charge in [-0.2, -0.15) is 0 Å². The maximum Gasteiger partial charge on any atom is 0.226 e. The second-order valence-electron chi connectivity index (χ2n) is 7.98. The Morgan fingerprint density at radius 1 is 0.958 bits per heavy atom. The summed E-state index contributed by atoms with van der Waals surface area (Å²) in [7, 11) is 0. The number of amides is 2. The van der Waals surface area contributed by atoms with Gasteiger partial charge in [-0.1, -0.05) is 12.8 Å². The van der Waals surface area contributed by atoms with Crippen molar-refractivity contribution in [2.24, 2.45) is 11.8 Å². The van der Waals surface area contributed by atoms with E-state index in [1.54, 1.807) is 0 Å². The SMILES string of the molecule is O=C(CC1CCCC1)NC1CCC(C(=O)N2CCC[C@@H]2CO)CC1. The van der Waals surface area contributed by atoms with Crippen molar-refractivity contribution in [2.45, 2.75) is 82.7 Å². The number of rotatable bonds is 5. The van der Waals surface area contributed by atoms with E-state index in [1.807, 2.05) is 4.90 Å². The first kappa shape index (κ1) is 17.7. The van der Waals surface area contributed by atoms with Crippen molar-refractivity contribution in [1.29, 1.82) is 0 Å². The molecule has 1 heterocycles. The van der Waals surface area contributed by atoms with Crippen molar-refractivity contribution in [1.82, 2.24) is 10.2 Å². The molecule has 24 heavy (non-hydrogen) atoms. The van der Waals surface area contributed by atoms with Crippen LogP contribution in [0.25, 0.3) is 0 Å². The Labute approximate surface area is 145 Å². The van der Waals surface area contributed by atoms with Gasteiger partial charge in [0, 0.05) is 24.9 Å². The molecule has 3 rings (SSSR count). The Balaban J connectivity index is 1.40. The first-order valence-electron chi connectivity index (χ1n) is 9.88. The van der Waals surface area contributed by atoms with Gasteiger partial charge >= 0.3 is 0 Å². The van der Waals surface area contributed by atoms with E-state index in [2.05, 4.69) is 5.32 Å². The van der Waals surface area contributed by atoms with E-state index < -0.39 is 0 Å². The maximum atomic E-state index is 12.7. The lowest BCUT2D eigenvalue weighted by Crippen LogP contribution is -2.44. The van der Waals surface area contributed by atoms with E-state index in [0.29, 0.717) is 12.3 Å². The molecular formula is C19H32N2O3. The summed E-state index contributed by atoms with van der Waals surface area (Å²) in [5.74, 6) is 1.10. The van der Waals surface area contributed by atoms with Gasteiger partial charge in [-0.05, 0) is 57.3 Å². The first-order chi connectivity index (χ1) is 11.7. The summed E-state index contributed by atoms with van der Waals surface area (Å²) in [6.45, 7) is 0.875. The Kier molecular flexibility index (Phi) is 6.14. The van der Waals surface area contributed by atoms with E-state index in [-0.39, 0.29) is 36.4 Å². The molecule has 3 fully saturated rings. The molecule has 0 radical (unpaired) electrons. The number of carbonyl (C=O) groups excluding carboxylic acids is 2. The van der Waals surface area contributed by atoms with Crippen molar-refractivity contribution in [3.8, 4) is 0 Å². The van der Waals surface area contributed by atoms with Crippen LogP contribution in [-0.4, -0.2) is 47.1 Å². The van der Waals surface area contributed by atoms with Crippen LogP contribution in [0.3, 0.4) is 0 Å². The van der Waals surface area contributed by atoms with Gasteiger partial charge in [0.1, 0.15) is 0 Å². The number of likely N-dealkylation sites (tertiary alicyclic amines) is 1. The number of nitrogens with zero attached hydrogens (tertiary/aromatic N) is 1. The van der Waals surface area contributed by atoms with Crippen LogP contribution in [0.4, 0.5) is 0 Å². The summed E-state index contributed by atoms with van der Waals surface area (Å²) in [5, 5.41) is 12.6. The molecule has 2 amide bonds. The molecule has 0 aromatic rings. The molecule has 2 aliphatic carbocycles. The normalized spacial score (nSPS) is 31.4. The maximum absolute atomic E-state index is 12.7. The van der Waals surface area contributed by atoms with E-state index >= 15 is 0 Å². The first-order valence-corrected chi connectivity index (χ1v) is 9.88. The van der Waals surface area contributed by atoms with E-state index in [1.165, 1.54) is 25.7 Å². The van der Waals surface area contributed by atoms with Gasteiger partial charge in [-0.25, -0.2) is 0 Å². The molecule has 2 saturated carbocycles. The summed E-state index contributed by atoms with van der Waals surface area (Å²) in [4.78, 5) is 26.7. The monoisotopic (exact) mass is 336 g/mol. The summed E-state index contributed by atoms with van der Waals surface area (Å²) in [6.07, 6.45) is 11.1. The van der Waals surface area contributed by atoms with Crippen LogP contribution < -0.4 is 5.32 Å². The summed E-state index contributed by atoms with van der Waals surface area (Å²) in [6, 6.07) is 0.275. The van der Waals surface area contributed by atoms with Crippen LogP contribution in [0.2, 0.25) is 0 Å². The number of aliphatic hydroxyl groups is 1. The number of hydrogen-bond acceptors (Lipinski definition) is 3. The molecule has 0 unspecified atom stereocenters. The lowest BCUT2D eigenvalue weighted by molar-refractivity contribution is -0.138. The van der Waals surface area contributed by atoms with Crippen molar-refractivity contribution in [2.75, 3.05) is 13.2 Å². The average molecular weight is 336 g/mol. The Morgan fingerprint density at radius 2 is 1.67 bits per heavy atom. The molecule has 136 valence electrons. The van der Waals surface area contributed by atoms with E-state index in [4.69, 9.17) is 0 Å². The van der Waals surface area contributed by atoms with Crippen LogP contribution in [0, 0.1) is 11.8 Å². The van der Waals surface area contributed by atoms with Crippen LogP contribution in [-0.2, 0) is 9.59 Å². The Bertz CT molecular complexity index is 440.